The van der Waals surface area contributed by atoms with Crippen LogP contribution in [0.2, 0.25) is 0 Å². The van der Waals surface area contributed by atoms with Crippen LogP contribution in [0.1, 0.15) is 10.5 Å². The Morgan fingerprint density at radius 2 is 2.30 bits per heavy atom. The summed E-state index contributed by atoms with van der Waals surface area (Å²) in [4.78, 5) is 11.5. The van der Waals surface area contributed by atoms with Crippen LogP contribution < -0.4 is 5.32 Å². The number of aromatic nitrogens is 6. The molecule has 2 aromatic heterocycles. The summed E-state index contributed by atoms with van der Waals surface area (Å²) in [5.74, 6) is -0.0592. The molecular weight excluding hydrogens is 306 g/mol. The van der Waals surface area contributed by atoms with Crippen LogP contribution in [0.25, 0.3) is 11.4 Å². The molecule has 0 spiro atoms. The second kappa shape index (κ2) is 6.09. The summed E-state index contributed by atoms with van der Waals surface area (Å²) in [7, 11) is 1.22. The van der Waals surface area contributed by atoms with E-state index in [1.807, 2.05) is 0 Å². The summed E-state index contributed by atoms with van der Waals surface area (Å²) in [5.41, 5.74) is 0.544. The first kappa shape index (κ1) is 14.4. The van der Waals surface area contributed by atoms with Gasteiger partial charge in [0.05, 0.1) is 7.11 Å². The van der Waals surface area contributed by atoms with Gasteiger partial charge in [0, 0.05) is 5.56 Å². The predicted octanol–water partition coefficient (Wildman–Crippen LogP) is 0.285. The van der Waals surface area contributed by atoms with E-state index in [-0.39, 0.29) is 23.9 Å². The molecule has 118 valence electrons. The Morgan fingerprint density at radius 1 is 1.43 bits per heavy atom. The largest absolute Gasteiger partial charge is 0.508 e. The molecule has 0 unspecified atom stereocenters. The number of phenolic OH excluding ortho intramolecular Hbond substituents is 1. The van der Waals surface area contributed by atoms with Crippen LogP contribution in [0.4, 0.5) is 5.82 Å². The number of aromatic hydroxyl groups is 1. The number of ether oxygens (including phenoxy) is 1. The van der Waals surface area contributed by atoms with E-state index in [1.165, 1.54) is 17.9 Å². The van der Waals surface area contributed by atoms with Gasteiger partial charge in [-0.3, -0.25) is 0 Å². The minimum Gasteiger partial charge on any atom is -0.508 e. The monoisotopic (exact) mass is 317 g/mol. The third-order valence-corrected chi connectivity index (χ3v) is 2.90. The molecule has 11 nitrogen and oxygen atoms in total. The first-order valence-corrected chi connectivity index (χ1v) is 6.39. The second-order valence-corrected chi connectivity index (χ2v) is 4.34. The summed E-state index contributed by atoms with van der Waals surface area (Å²) in [6.07, 6.45) is 0. The Morgan fingerprint density at radius 3 is 3.09 bits per heavy atom. The molecule has 3 rings (SSSR count). The molecule has 0 amide bonds. The van der Waals surface area contributed by atoms with Gasteiger partial charge in [0.15, 0.2) is 5.82 Å². The fraction of sp³-hybridized carbons (Fsp3) is 0.167. The summed E-state index contributed by atoms with van der Waals surface area (Å²) in [6.45, 7) is 0.0934. The van der Waals surface area contributed by atoms with Gasteiger partial charge in [-0.15, -0.1) is 5.10 Å². The van der Waals surface area contributed by atoms with Crippen molar-refractivity contribution < 1.29 is 19.3 Å². The van der Waals surface area contributed by atoms with E-state index in [0.29, 0.717) is 11.4 Å². The first-order chi connectivity index (χ1) is 11.2. The third-order valence-electron chi connectivity index (χ3n) is 2.90. The van der Waals surface area contributed by atoms with Crippen molar-refractivity contribution in [3.63, 3.8) is 0 Å². The number of hydrogen-bond acceptors (Lipinski definition) is 10. The lowest BCUT2D eigenvalue weighted by molar-refractivity contribution is 0.0589. The Kier molecular flexibility index (Phi) is 3.82. The van der Waals surface area contributed by atoms with Crippen molar-refractivity contribution >= 4 is 11.8 Å². The standard InChI is InChI=1S/C12H11N7O4/c1-22-12(21)9-10(16-23-15-9)13-6-19-11(14-17-18-19)7-3-2-4-8(20)5-7/h2-5,20H,6H2,1H3,(H,13,16). The highest BCUT2D eigenvalue weighted by Gasteiger charge is 2.19. The molecule has 23 heavy (non-hydrogen) atoms. The minimum atomic E-state index is -0.682. The average Bonchev–Trinajstić information content (AvgIpc) is 3.21. The van der Waals surface area contributed by atoms with E-state index < -0.39 is 5.97 Å². The number of nitrogens with zero attached hydrogens (tertiary/aromatic N) is 6. The summed E-state index contributed by atoms with van der Waals surface area (Å²) in [6, 6.07) is 6.49. The maximum Gasteiger partial charge on any atom is 0.364 e. The van der Waals surface area contributed by atoms with Crippen LogP contribution in [-0.2, 0) is 11.4 Å². The number of carbonyl (C=O) groups excluding carboxylic acids is 1. The van der Waals surface area contributed by atoms with Gasteiger partial charge < -0.3 is 15.2 Å². The lowest BCUT2D eigenvalue weighted by Crippen LogP contribution is -2.14. The second-order valence-electron chi connectivity index (χ2n) is 4.34. The van der Waals surface area contributed by atoms with E-state index in [0.717, 1.165) is 0 Å². The van der Waals surface area contributed by atoms with E-state index in [1.54, 1.807) is 18.2 Å². The highest BCUT2D eigenvalue weighted by Crippen LogP contribution is 2.20. The predicted molar refractivity (Wildman–Crippen MR) is 74.2 cm³/mol. The van der Waals surface area contributed by atoms with Crippen molar-refractivity contribution in [1.82, 2.24) is 30.5 Å². The molecule has 0 aliphatic carbocycles. The Hall–Kier alpha value is -3.50. The molecule has 0 saturated carbocycles. The van der Waals surface area contributed by atoms with Gasteiger partial charge >= 0.3 is 5.97 Å². The van der Waals surface area contributed by atoms with E-state index in [9.17, 15) is 9.90 Å². The molecule has 2 N–H and O–H groups in total. The molecule has 0 atom stereocenters. The van der Waals surface area contributed by atoms with Crippen LogP contribution >= 0.6 is 0 Å². The number of esters is 1. The van der Waals surface area contributed by atoms with Crippen LogP contribution in [0.15, 0.2) is 28.9 Å². The maximum absolute atomic E-state index is 11.5. The molecule has 0 saturated heterocycles. The quantitative estimate of drug-likeness (QED) is 0.630. The van der Waals surface area contributed by atoms with Crippen LogP contribution in [0.5, 0.6) is 5.75 Å². The van der Waals surface area contributed by atoms with Crippen molar-refractivity contribution in [3.05, 3.63) is 30.0 Å². The minimum absolute atomic E-state index is 0.0838. The van der Waals surface area contributed by atoms with Gasteiger partial charge in [-0.2, -0.15) is 0 Å². The zero-order valence-corrected chi connectivity index (χ0v) is 11.9. The number of anilines is 1. The molecular formula is C12H11N7O4. The van der Waals surface area contributed by atoms with Crippen molar-refractivity contribution in [2.45, 2.75) is 6.67 Å². The van der Waals surface area contributed by atoms with Crippen LogP contribution in [-0.4, -0.2) is 48.7 Å². The van der Waals surface area contributed by atoms with Crippen LogP contribution in [0, 0.1) is 0 Å². The fourth-order valence-corrected chi connectivity index (χ4v) is 1.85. The molecule has 0 fully saturated rings. The fourth-order valence-electron chi connectivity index (χ4n) is 1.85. The highest BCUT2D eigenvalue weighted by atomic mass is 16.6. The number of methoxy groups -OCH3 is 1. The summed E-state index contributed by atoms with van der Waals surface area (Å²) < 4.78 is 10.5. The van der Waals surface area contributed by atoms with Gasteiger partial charge in [-0.1, -0.05) is 12.1 Å². The zero-order valence-electron chi connectivity index (χ0n) is 11.9. The SMILES string of the molecule is COC(=O)c1nonc1NCn1nnnc1-c1cccc(O)c1. The van der Waals surface area contributed by atoms with Crippen LogP contribution in [0.3, 0.4) is 0 Å². The topological polar surface area (TPSA) is 141 Å². The number of tetrazole rings is 1. The molecule has 0 aliphatic heterocycles. The van der Waals surface area contributed by atoms with Crippen molar-refractivity contribution in [2.75, 3.05) is 12.4 Å². The number of carbonyl (C=O) groups is 1. The molecule has 0 radical (unpaired) electrons. The average molecular weight is 317 g/mol. The third kappa shape index (κ3) is 2.92. The van der Waals surface area contributed by atoms with Gasteiger partial charge in [0.2, 0.25) is 11.5 Å². The molecule has 0 bridgehead atoms. The van der Waals surface area contributed by atoms with Crippen molar-refractivity contribution in [3.8, 4) is 17.1 Å². The molecule has 1 aromatic carbocycles. The van der Waals surface area contributed by atoms with Crippen molar-refractivity contribution in [1.29, 1.82) is 0 Å². The van der Waals surface area contributed by atoms with E-state index in [2.05, 4.69) is 40.5 Å². The number of nitrogens with one attached hydrogen (secondary N) is 1. The number of phenols is 1. The highest BCUT2D eigenvalue weighted by molar-refractivity contribution is 5.91. The van der Waals surface area contributed by atoms with Gasteiger partial charge in [0.25, 0.3) is 0 Å². The Balaban J connectivity index is 1.79. The smallest absolute Gasteiger partial charge is 0.364 e. The van der Waals surface area contributed by atoms with Crippen molar-refractivity contribution in [2.24, 2.45) is 0 Å². The summed E-state index contributed by atoms with van der Waals surface area (Å²) in [5, 5.41) is 30.7. The lowest BCUT2D eigenvalue weighted by atomic mass is 10.2. The normalized spacial score (nSPS) is 10.5. The number of hydrogen-bond donors (Lipinski definition) is 2. The molecule has 11 heteroatoms. The Bertz CT molecular complexity index is 828. The molecule has 0 aliphatic rings. The van der Waals surface area contributed by atoms with Gasteiger partial charge in [-0.05, 0) is 32.9 Å². The lowest BCUT2D eigenvalue weighted by Gasteiger charge is -2.06. The van der Waals surface area contributed by atoms with Gasteiger partial charge in [-0.25, -0.2) is 14.1 Å². The van der Waals surface area contributed by atoms with E-state index in [4.69, 9.17) is 0 Å². The zero-order chi connectivity index (χ0) is 16.2. The number of benzene rings is 1. The molecule has 2 heterocycles. The molecule has 3 aromatic rings. The first-order valence-electron chi connectivity index (χ1n) is 6.39. The number of rotatable bonds is 5. The van der Waals surface area contributed by atoms with Gasteiger partial charge in [0.1, 0.15) is 12.4 Å². The summed E-state index contributed by atoms with van der Waals surface area (Å²) >= 11 is 0. The Labute approximate surface area is 128 Å². The van der Waals surface area contributed by atoms with E-state index >= 15 is 0 Å². The maximum atomic E-state index is 11.5.